The average Bonchev–Trinajstić information content (AvgIpc) is 2.97. The van der Waals surface area contributed by atoms with Gasteiger partial charge in [-0.25, -0.2) is 4.68 Å². The molecule has 1 amide bonds. The third kappa shape index (κ3) is 2.93. The number of carbonyl (C=O) groups is 1. The molecule has 0 saturated carbocycles. The van der Waals surface area contributed by atoms with Crippen molar-refractivity contribution in [1.82, 2.24) is 25.6 Å². The van der Waals surface area contributed by atoms with E-state index in [9.17, 15) is 4.79 Å². The van der Waals surface area contributed by atoms with E-state index < -0.39 is 0 Å². The lowest BCUT2D eigenvalue weighted by atomic mass is 10.1. The van der Waals surface area contributed by atoms with Crippen LogP contribution in [0.1, 0.15) is 29.4 Å². The number of aromatic nitrogens is 3. The van der Waals surface area contributed by atoms with Crippen LogP contribution in [-0.2, 0) is 4.74 Å². The first kappa shape index (κ1) is 12.6. The Morgan fingerprint density at radius 2 is 2.47 bits per heavy atom. The smallest absolute Gasteiger partial charge is 0.273 e. The van der Waals surface area contributed by atoms with Gasteiger partial charge in [0.15, 0.2) is 5.69 Å². The highest BCUT2D eigenvalue weighted by atomic mass is 16.5. The van der Waals surface area contributed by atoms with Crippen molar-refractivity contribution in [3.8, 4) is 0 Å². The molecule has 0 aromatic carbocycles. The molecule has 3 heterocycles. The number of hydrogen-bond donors (Lipinski definition) is 2. The van der Waals surface area contributed by atoms with Crippen LogP contribution in [0, 0.1) is 5.92 Å². The average molecular weight is 265 g/mol. The van der Waals surface area contributed by atoms with Crippen molar-refractivity contribution < 1.29 is 9.53 Å². The number of ether oxygens (including phenoxy) is 1. The first-order valence-corrected chi connectivity index (χ1v) is 6.81. The molecule has 0 radical (unpaired) electrons. The summed E-state index contributed by atoms with van der Waals surface area (Å²) < 4.78 is 7.06. The molecule has 1 atom stereocenters. The number of nitrogens with one attached hydrogen (secondary N) is 2. The minimum absolute atomic E-state index is 0.141. The summed E-state index contributed by atoms with van der Waals surface area (Å²) in [5.41, 5.74) is 0.398. The summed E-state index contributed by atoms with van der Waals surface area (Å²) in [5, 5.41) is 14.0. The number of amides is 1. The van der Waals surface area contributed by atoms with Gasteiger partial charge in [0.25, 0.3) is 5.91 Å². The minimum atomic E-state index is -0.141. The summed E-state index contributed by atoms with van der Waals surface area (Å²) in [6.07, 6.45) is 3.78. The van der Waals surface area contributed by atoms with Crippen LogP contribution in [0.4, 0.5) is 0 Å². The minimum Gasteiger partial charge on any atom is -0.381 e. The fourth-order valence-electron chi connectivity index (χ4n) is 2.31. The Hall–Kier alpha value is -1.47. The standard InChI is InChI=1S/C12H19N5O2/c18-12(14-3-1-9-2-4-19-8-9)11-7-17(16-15-11)10-5-13-6-10/h7,9-10,13H,1-6,8H2,(H,14,18). The molecule has 3 rings (SSSR count). The lowest BCUT2D eigenvalue weighted by Gasteiger charge is -2.26. The van der Waals surface area contributed by atoms with E-state index in [0.717, 1.165) is 39.1 Å². The van der Waals surface area contributed by atoms with Crippen LogP contribution in [0.25, 0.3) is 0 Å². The maximum absolute atomic E-state index is 11.9. The van der Waals surface area contributed by atoms with Crippen molar-refractivity contribution in [2.45, 2.75) is 18.9 Å². The predicted octanol–water partition coefficient (Wildman–Crippen LogP) is -0.421. The van der Waals surface area contributed by atoms with Gasteiger partial charge in [-0.15, -0.1) is 5.10 Å². The lowest BCUT2D eigenvalue weighted by molar-refractivity contribution is 0.0945. The zero-order valence-corrected chi connectivity index (χ0v) is 10.8. The molecule has 2 fully saturated rings. The zero-order chi connectivity index (χ0) is 13.1. The van der Waals surface area contributed by atoms with Gasteiger partial charge in [0.05, 0.1) is 12.2 Å². The maximum Gasteiger partial charge on any atom is 0.273 e. The molecular weight excluding hydrogens is 246 g/mol. The Kier molecular flexibility index (Phi) is 3.74. The number of rotatable bonds is 5. The molecule has 0 aliphatic carbocycles. The van der Waals surface area contributed by atoms with E-state index in [1.54, 1.807) is 10.9 Å². The Labute approximate surface area is 111 Å². The first-order chi connectivity index (χ1) is 9.33. The normalized spacial score (nSPS) is 23.3. The highest BCUT2D eigenvalue weighted by Crippen LogP contribution is 2.15. The van der Waals surface area contributed by atoms with Gasteiger partial charge in [0.2, 0.25) is 0 Å². The second-order valence-corrected chi connectivity index (χ2v) is 5.17. The van der Waals surface area contributed by atoms with Crippen molar-refractivity contribution in [3.05, 3.63) is 11.9 Å². The molecule has 104 valence electrons. The van der Waals surface area contributed by atoms with Crippen LogP contribution in [0.2, 0.25) is 0 Å². The van der Waals surface area contributed by atoms with E-state index in [0.29, 0.717) is 24.2 Å². The largest absolute Gasteiger partial charge is 0.381 e. The highest BCUT2D eigenvalue weighted by Gasteiger charge is 2.22. The molecule has 2 N–H and O–H groups in total. The van der Waals surface area contributed by atoms with E-state index >= 15 is 0 Å². The first-order valence-electron chi connectivity index (χ1n) is 6.81. The molecule has 1 aromatic rings. The second-order valence-electron chi connectivity index (χ2n) is 5.17. The van der Waals surface area contributed by atoms with Crippen molar-refractivity contribution in [2.24, 2.45) is 5.92 Å². The number of carbonyl (C=O) groups excluding carboxylic acids is 1. The van der Waals surface area contributed by atoms with Crippen LogP contribution in [0.5, 0.6) is 0 Å². The van der Waals surface area contributed by atoms with Crippen LogP contribution >= 0.6 is 0 Å². The molecule has 7 heteroatoms. The van der Waals surface area contributed by atoms with E-state index in [-0.39, 0.29) is 5.91 Å². The van der Waals surface area contributed by atoms with Gasteiger partial charge in [-0.2, -0.15) is 0 Å². The van der Waals surface area contributed by atoms with Crippen LogP contribution < -0.4 is 10.6 Å². The van der Waals surface area contributed by atoms with E-state index in [1.165, 1.54) is 0 Å². The zero-order valence-electron chi connectivity index (χ0n) is 10.8. The Morgan fingerprint density at radius 3 is 3.16 bits per heavy atom. The molecule has 2 aliphatic rings. The summed E-state index contributed by atoms with van der Waals surface area (Å²) in [6.45, 7) is 4.13. The highest BCUT2D eigenvalue weighted by molar-refractivity contribution is 5.91. The molecular formula is C12H19N5O2. The maximum atomic E-state index is 11.9. The van der Waals surface area contributed by atoms with Gasteiger partial charge in [0, 0.05) is 32.8 Å². The third-order valence-corrected chi connectivity index (χ3v) is 3.74. The molecule has 0 spiro atoms. The predicted molar refractivity (Wildman–Crippen MR) is 67.8 cm³/mol. The van der Waals surface area contributed by atoms with Gasteiger partial charge >= 0.3 is 0 Å². The van der Waals surface area contributed by atoms with Gasteiger partial charge in [0.1, 0.15) is 0 Å². The third-order valence-electron chi connectivity index (χ3n) is 3.74. The van der Waals surface area contributed by atoms with E-state index in [4.69, 9.17) is 4.74 Å². The van der Waals surface area contributed by atoms with Crippen molar-refractivity contribution in [3.63, 3.8) is 0 Å². The Balaban J connectivity index is 1.45. The van der Waals surface area contributed by atoms with Gasteiger partial charge < -0.3 is 15.4 Å². The van der Waals surface area contributed by atoms with E-state index in [2.05, 4.69) is 20.9 Å². The summed E-state index contributed by atoms with van der Waals surface area (Å²) >= 11 is 0. The van der Waals surface area contributed by atoms with Crippen molar-refractivity contribution >= 4 is 5.91 Å². The summed E-state index contributed by atoms with van der Waals surface area (Å²) in [4.78, 5) is 11.9. The lowest BCUT2D eigenvalue weighted by Crippen LogP contribution is -2.43. The Morgan fingerprint density at radius 1 is 1.58 bits per heavy atom. The fraction of sp³-hybridized carbons (Fsp3) is 0.750. The SMILES string of the molecule is O=C(NCCC1CCOC1)c1cn(C2CNC2)nn1. The molecule has 0 bridgehead atoms. The molecule has 1 unspecified atom stereocenters. The molecule has 19 heavy (non-hydrogen) atoms. The monoisotopic (exact) mass is 265 g/mol. The van der Waals surface area contributed by atoms with E-state index in [1.807, 2.05) is 0 Å². The quantitative estimate of drug-likeness (QED) is 0.755. The summed E-state index contributed by atoms with van der Waals surface area (Å²) in [5.74, 6) is 0.439. The van der Waals surface area contributed by atoms with Crippen LogP contribution in [-0.4, -0.2) is 53.7 Å². The van der Waals surface area contributed by atoms with Gasteiger partial charge in [-0.1, -0.05) is 5.21 Å². The van der Waals surface area contributed by atoms with Crippen LogP contribution in [0.15, 0.2) is 6.20 Å². The summed E-state index contributed by atoms with van der Waals surface area (Å²) in [6, 6.07) is 0.338. The molecule has 2 saturated heterocycles. The van der Waals surface area contributed by atoms with Crippen molar-refractivity contribution in [2.75, 3.05) is 32.8 Å². The van der Waals surface area contributed by atoms with Crippen LogP contribution in [0.3, 0.4) is 0 Å². The summed E-state index contributed by atoms with van der Waals surface area (Å²) in [7, 11) is 0. The fourth-order valence-corrected chi connectivity index (χ4v) is 2.31. The number of hydrogen-bond acceptors (Lipinski definition) is 5. The molecule has 1 aromatic heterocycles. The number of nitrogens with zero attached hydrogens (tertiary/aromatic N) is 3. The van der Waals surface area contributed by atoms with Gasteiger partial charge in [-0.3, -0.25) is 4.79 Å². The molecule has 7 nitrogen and oxygen atoms in total. The second kappa shape index (κ2) is 5.66. The molecule has 2 aliphatic heterocycles. The van der Waals surface area contributed by atoms with Gasteiger partial charge in [-0.05, 0) is 18.8 Å². The topological polar surface area (TPSA) is 81.1 Å². The van der Waals surface area contributed by atoms with Crippen molar-refractivity contribution in [1.29, 1.82) is 0 Å². The Bertz CT molecular complexity index is 437.